The zero-order chi connectivity index (χ0) is 13.7. The van der Waals surface area contributed by atoms with E-state index < -0.39 is 0 Å². The molecule has 0 unspecified atom stereocenters. The fourth-order valence-electron chi connectivity index (χ4n) is 2.94. The Kier molecular flexibility index (Phi) is 5.30. The van der Waals surface area contributed by atoms with Gasteiger partial charge in [-0.1, -0.05) is 65.7 Å². The molecule has 0 N–H and O–H groups in total. The molecule has 19 heavy (non-hydrogen) atoms. The first-order valence-electron chi connectivity index (χ1n) is 7.00. The van der Waals surface area contributed by atoms with Crippen molar-refractivity contribution in [1.82, 2.24) is 0 Å². The van der Waals surface area contributed by atoms with E-state index in [0.717, 1.165) is 34.3 Å². The summed E-state index contributed by atoms with van der Waals surface area (Å²) in [6.45, 7) is 0. The second kappa shape index (κ2) is 6.77. The summed E-state index contributed by atoms with van der Waals surface area (Å²) in [6, 6.07) is 8.58. The summed E-state index contributed by atoms with van der Waals surface area (Å²) in [7, 11) is 0. The standard InChI is InChI=1S/C16H19BrClN/c17-14-7-6-13(15(18)10-14)11-16(12-19)8-4-2-1-3-5-9-16/h6-7,10H,1-5,8-9,11H2. The first kappa shape index (κ1) is 14.9. The molecular formula is C16H19BrClN. The lowest BCUT2D eigenvalue weighted by atomic mass is 9.73. The van der Waals surface area contributed by atoms with Crippen molar-refractivity contribution in [3.8, 4) is 6.07 Å². The van der Waals surface area contributed by atoms with Crippen LogP contribution in [0.1, 0.15) is 50.5 Å². The molecule has 1 aromatic rings. The van der Waals surface area contributed by atoms with E-state index in [9.17, 15) is 5.26 Å². The predicted molar refractivity (Wildman–Crippen MR) is 83.2 cm³/mol. The lowest BCUT2D eigenvalue weighted by Crippen LogP contribution is -2.23. The molecule has 1 nitrogen and oxygen atoms in total. The summed E-state index contributed by atoms with van der Waals surface area (Å²) < 4.78 is 0.991. The quantitative estimate of drug-likeness (QED) is 0.657. The Labute approximate surface area is 129 Å². The number of rotatable bonds is 2. The molecule has 0 spiro atoms. The smallest absolute Gasteiger partial charge is 0.0693 e. The zero-order valence-electron chi connectivity index (χ0n) is 11.1. The topological polar surface area (TPSA) is 23.8 Å². The second-order valence-corrected chi connectivity index (χ2v) is 6.90. The van der Waals surface area contributed by atoms with Crippen LogP contribution in [-0.4, -0.2) is 0 Å². The third kappa shape index (κ3) is 3.97. The molecular weight excluding hydrogens is 322 g/mol. The van der Waals surface area contributed by atoms with Crippen LogP contribution in [0.3, 0.4) is 0 Å². The van der Waals surface area contributed by atoms with E-state index in [4.69, 9.17) is 11.6 Å². The Morgan fingerprint density at radius 1 is 1.16 bits per heavy atom. The normalized spacial score (nSPS) is 19.2. The Hall–Kier alpha value is -0.520. The number of nitrogens with zero attached hydrogens (tertiary/aromatic N) is 1. The Balaban J connectivity index is 2.19. The van der Waals surface area contributed by atoms with E-state index in [0.29, 0.717) is 0 Å². The minimum absolute atomic E-state index is 0.210. The zero-order valence-corrected chi connectivity index (χ0v) is 13.4. The molecule has 3 heteroatoms. The van der Waals surface area contributed by atoms with Crippen molar-refractivity contribution in [2.75, 3.05) is 0 Å². The van der Waals surface area contributed by atoms with Gasteiger partial charge in [-0.05, 0) is 37.0 Å². The molecule has 102 valence electrons. The minimum Gasteiger partial charge on any atom is -0.198 e. The van der Waals surface area contributed by atoms with Gasteiger partial charge >= 0.3 is 0 Å². The van der Waals surface area contributed by atoms with Gasteiger partial charge in [0.2, 0.25) is 0 Å². The first-order chi connectivity index (χ1) is 9.15. The largest absolute Gasteiger partial charge is 0.198 e. The number of benzene rings is 1. The highest BCUT2D eigenvalue weighted by molar-refractivity contribution is 9.10. The van der Waals surface area contributed by atoms with Crippen LogP contribution < -0.4 is 0 Å². The van der Waals surface area contributed by atoms with Crippen molar-refractivity contribution < 1.29 is 0 Å². The molecule has 1 fully saturated rings. The lowest BCUT2D eigenvalue weighted by molar-refractivity contribution is 0.287. The summed E-state index contributed by atoms with van der Waals surface area (Å²) in [5.41, 5.74) is 0.893. The van der Waals surface area contributed by atoms with Gasteiger partial charge < -0.3 is 0 Å². The Bertz CT molecular complexity index is 470. The van der Waals surface area contributed by atoms with Crippen LogP contribution in [0.2, 0.25) is 5.02 Å². The Morgan fingerprint density at radius 2 is 1.79 bits per heavy atom. The maximum atomic E-state index is 9.66. The minimum atomic E-state index is -0.210. The van der Waals surface area contributed by atoms with Crippen molar-refractivity contribution in [2.45, 2.75) is 51.4 Å². The van der Waals surface area contributed by atoms with Gasteiger partial charge in [-0.2, -0.15) is 5.26 Å². The molecule has 0 aliphatic heterocycles. The highest BCUT2D eigenvalue weighted by atomic mass is 79.9. The third-order valence-corrected chi connectivity index (χ3v) is 4.94. The maximum absolute atomic E-state index is 9.66. The molecule has 1 aliphatic rings. The highest BCUT2D eigenvalue weighted by Crippen LogP contribution is 2.38. The van der Waals surface area contributed by atoms with Gasteiger partial charge in [0.15, 0.2) is 0 Å². The van der Waals surface area contributed by atoms with E-state index in [2.05, 4.69) is 22.0 Å². The van der Waals surface area contributed by atoms with Crippen molar-refractivity contribution in [2.24, 2.45) is 5.41 Å². The van der Waals surface area contributed by atoms with Crippen LogP contribution in [0.5, 0.6) is 0 Å². The van der Waals surface area contributed by atoms with E-state index in [1.807, 2.05) is 18.2 Å². The van der Waals surface area contributed by atoms with Gasteiger partial charge in [0.25, 0.3) is 0 Å². The predicted octanol–water partition coefficient (Wildman–Crippen LogP) is 5.90. The van der Waals surface area contributed by atoms with E-state index in [-0.39, 0.29) is 5.41 Å². The van der Waals surface area contributed by atoms with Crippen LogP contribution >= 0.6 is 27.5 Å². The van der Waals surface area contributed by atoms with Crippen molar-refractivity contribution >= 4 is 27.5 Å². The van der Waals surface area contributed by atoms with Crippen molar-refractivity contribution in [1.29, 1.82) is 5.26 Å². The number of nitriles is 1. The number of hydrogen-bond donors (Lipinski definition) is 0. The van der Waals surface area contributed by atoms with Gasteiger partial charge in [0.05, 0.1) is 11.5 Å². The molecule has 1 saturated carbocycles. The van der Waals surface area contributed by atoms with E-state index >= 15 is 0 Å². The molecule has 2 rings (SSSR count). The lowest BCUT2D eigenvalue weighted by Gasteiger charge is -2.29. The number of halogens is 2. The van der Waals surface area contributed by atoms with Gasteiger partial charge in [0, 0.05) is 9.50 Å². The molecule has 1 aromatic carbocycles. The van der Waals surface area contributed by atoms with Crippen molar-refractivity contribution in [3.05, 3.63) is 33.3 Å². The highest BCUT2D eigenvalue weighted by Gasteiger charge is 2.31. The molecule has 0 radical (unpaired) electrons. The van der Waals surface area contributed by atoms with Gasteiger partial charge in [-0.15, -0.1) is 0 Å². The van der Waals surface area contributed by atoms with Crippen LogP contribution in [0.4, 0.5) is 0 Å². The maximum Gasteiger partial charge on any atom is 0.0693 e. The molecule has 1 aliphatic carbocycles. The summed E-state index contributed by atoms with van der Waals surface area (Å²) in [5, 5.41) is 10.4. The number of hydrogen-bond acceptors (Lipinski definition) is 1. The molecule has 0 aromatic heterocycles. The summed E-state index contributed by atoms with van der Waals surface area (Å²) in [5.74, 6) is 0. The fraction of sp³-hybridized carbons (Fsp3) is 0.562. The summed E-state index contributed by atoms with van der Waals surface area (Å²) >= 11 is 9.73. The molecule has 0 bridgehead atoms. The van der Waals surface area contributed by atoms with Crippen LogP contribution in [-0.2, 0) is 6.42 Å². The molecule has 0 amide bonds. The van der Waals surface area contributed by atoms with Crippen LogP contribution in [0.15, 0.2) is 22.7 Å². The monoisotopic (exact) mass is 339 g/mol. The summed E-state index contributed by atoms with van der Waals surface area (Å²) in [4.78, 5) is 0. The average Bonchev–Trinajstić information content (AvgIpc) is 2.36. The van der Waals surface area contributed by atoms with Crippen LogP contribution in [0, 0.1) is 16.7 Å². The van der Waals surface area contributed by atoms with Gasteiger partial charge in [-0.25, -0.2) is 0 Å². The Morgan fingerprint density at radius 3 is 2.37 bits per heavy atom. The van der Waals surface area contributed by atoms with Gasteiger partial charge in [-0.3, -0.25) is 0 Å². The second-order valence-electron chi connectivity index (χ2n) is 5.57. The first-order valence-corrected chi connectivity index (χ1v) is 8.17. The third-order valence-electron chi connectivity index (χ3n) is 4.09. The molecule has 0 saturated heterocycles. The van der Waals surface area contributed by atoms with E-state index in [1.54, 1.807) is 0 Å². The molecule has 0 atom stereocenters. The van der Waals surface area contributed by atoms with E-state index in [1.165, 1.54) is 32.1 Å². The molecule has 0 heterocycles. The van der Waals surface area contributed by atoms with Crippen LogP contribution in [0.25, 0.3) is 0 Å². The van der Waals surface area contributed by atoms with Gasteiger partial charge in [0.1, 0.15) is 0 Å². The van der Waals surface area contributed by atoms with Crippen molar-refractivity contribution in [3.63, 3.8) is 0 Å². The summed E-state index contributed by atoms with van der Waals surface area (Å²) in [6.07, 6.45) is 8.99. The SMILES string of the molecule is N#CC1(Cc2ccc(Br)cc2Cl)CCCCCCC1. The fourth-order valence-corrected chi connectivity index (χ4v) is 3.68. The average molecular weight is 341 g/mol.